The van der Waals surface area contributed by atoms with Crippen LogP contribution in [0.25, 0.3) is 6.08 Å². The van der Waals surface area contributed by atoms with Gasteiger partial charge < -0.3 is 14.2 Å². The van der Waals surface area contributed by atoms with Gasteiger partial charge in [-0.05, 0) is 59.2 Å². The van der Waals surface area contributed by atoms with Crippen LogP contribution in [-0.2, 0) is 22.8 Å². The van der Waals surface area contributed by atoms with E-state index in [1.54, 1.807) is 31.4 Å². The molecule has 8 heteroatoms. The first-order valence-electron chi connectivity index (χ1n) is 10.5. The minimum Gasteiger partial charge on any atom is -0.493 e. The van der Waals surface area contributed by atoms with Crippen molar-refractivity contribution in [3.05, 3.63) is 95.1 Å². The number of benzene rings is 3. The van der Waals surface area contributed by atoms with E-state index in [1.807, 2.05) is 48.5 Å². The van der Waals surface area contributed by atoms with E-state index in [0.717, 1.165) is 11.1 Å². The van der Waals surface area contributed by atoms with Crippen LogP contribution < -0.4 is 24.8 Å². The van der Waals surface area contributed by atoms with Gasteiger partial charge in [0.05, 0.1) is 7.11 Å². The zero-order chi connectivity index (χ0) is 23.9. The van der Waals surface area contributed by atoms with Crippen LogP contribution in [0.2, 0.25) is 0 Å². The Hall–Kier alpha value is -4.17. The van der Waals surface area contributed by atoms with Crippen LogP contribution in [0.3, 0.4) is 0 Å². The highest BCUT2D eigenvalue weighted by molar-refractivity contribution is 7.80. The molecule has 0 spiro atoms. The number of methoxy groups -OCH3 is 1. The summed E-state index contributed by atoms with van der Waals surface area (Å²) >= 11 is 4.80. The highest BCUT2D eigenvalue weighted by Crippen LogP contribution is 2.29. The molecule has 2 amide bonds. The van der Waals surface area contributed by atoms with Gasteiger partial charge in [-0.25, -0.2) is 0 Å². The Balaban J connectivity index is 1.36. The maximum Gasteiger partial charge on any atom is 0.263 e. The lowest BCUT2D eigenvalue weighted by Crippen LogP contribution is -2.51. The van der Waals surface area contributed by atoms with Crippen molar-refractivity contribution in [2.75, 3.05) is 7.11 Å². The molecule has 1 heterocycles. The number of amides is 2. The maximum atomic E-state index is 12.0. The number of carbonyl (C=O) groups excluding carboxylic acids is 2. The fourth-order valence-electron chi connectivity index (χ4n) is 3.26. The molecule has 0 saturated carbocycles. The molecule has 3 aromatic rings. The molecule has 1 fully saturated rings. The molecule has 34 heavy (non-hydrogen) atoms. The van der Waals surface area contributed by atoms with Crippen LogP contribution in [0.15, 0.2) is 78.4 Å². The SMILES string of the molecule is COc1cc(COc2ccc(C=C3C(=O)NC(=S)NC3=O)cc2)ccc1OCc1ccccc1. The van der Waals surface area contributed by atoms with Gasteiger partial charge >= 0.3 is 0 Å². The summed E-state index contributed by atoms with van der Waals surface area (Å²) in [6.45, 7) is 0.781. The van der Waals surface area contributed by atoms with E-state index in [1.165, 1.54) is 6.08 Å². The van der Waals surface area contributed by atoms with Crippen molar-refractivity contribution in [2.45, 2.75) is 13.2 Å². The number of ether oxygens (including phenoxy) is 3. The monoisotopic (exact) mass is 474 g/mol. The summed E-state index contributed by atoms with van der Waals surface area (Å²) in [6, 6.07) is 22.6. The Morgan fingerprint density at radius 3 is 2.15 bits per heavy atom. The molecule has 172 valence electrons. The molecule has 0 atom stereocenters. The van der Waals surface area contributed by atoms with E-state index in [9.17, 15) is 9.59 Å². The van der Waals surface area contributed by atoms with Crippen molar-refractivity contribution in [3.8, 4) is 17.2 Å². The molecular formula is C26H22N2O5S. The normalized spacial score (nSPS) is 13.1. The lowest BCUT2D eigenvalue weighted by Gasteiger charge is -2.16. The molecule has 4 rings (SSSR count). The summed E-state index contributed by atoms with van der Waals surface area (Å²) in [5.74, 6) is 0.870. The van der Waals surface area contributed by atoms with Crippen molar-refractivity contribution < 1.29 is 23.8 Å². The summed E-state index contributed by atoms with van der Waals surface area (Å²) in [4.78, 5) is 23.9. The topological polar surface area (TPSA) is 85.9 Å². The first kappa shape index (κ1) is 23.0. The van der Waals surface area contributed by atoms with Gasteiger partial charge in [0.25, 0.3) is 11.8 Å². The van der Waals surface area contributed by atoms with Gasteiger partial charge in [-0.3, -0.25) is 20.2 Å². The predicted octanol–water partition coefficient (Wildman–Crippen LogP) is 3.77. The molecule has 0 unspecified atom stereocenters. The Morgan fingerprint density at radius 2 is 1.47 bits per heavy atom. The van der Waals surface area contributed by atoms with E-state index >= 15 is 0 Å². The third-order valence-corrected chi connectivity index (χ3v) is 5.21. The lowest BCUT2D eigenvalue weighted by molar-refractivity contribution is -0.123. The quantitative estimate of drug-likeness (QED) is 0.294. The second kappa shape index (κ2) is 10.6. The van der Waals surface area contributed by atoms with Crippen LogP contribution >= 0.6 is 12.2 Å². The summed E-state index contributed by atoms with van der Waals surface area (Å²) < 4.78 is 17.2. The van der Waals surface area contributed by atoms with Crippen molar-refractivity contribution >= 4 is 35.2 Å². The molecule has 2 N–H and O–H groups in total. The van der Waals surface area contributed by atoms with E-state index in [2.05, 4.69) is 10.6 Å². The van der Waals surface area contributed by atoms with Crippen molar-refractivity contribution in [3.63, 3.8) is 0 Å². The van der Waals surface area contributed by atoms with E-state index in [4.69, 9.17) is 26.4 Å². The zero-order valence-corrected chi connectivity index (χ0v) is 19.2. The molecule has 3 aromatic carbocycles. The zero-order valence-electron chi connectivity index (χ0n) is 18.4. The van der Waals surface area contributed by atoms with Crippen molar-refractivity contribution in [1.82, 2.24) is 10.6 Å². The number of hydrogen-bond donors (Lipinski definition) is 2. The third-order valence-electron chi connectivity index (χ3n) is 5.01. The number of rotatable bonds is 8. The van der Waals surface area contributed by atoms with E-state index in [0.29, 0.717) is 36.0 Å². The Labute approximate surface area is 202 Å². The van der Waals surface area contributed by atoms with Gasteiger partial charge in [0.2, 0.25) is 0 Å². The number of hydrogen-bond acceptors (Lipinski definition) is 6. The van der Waals surface area contributed by atoms with E-state index < -0.39 is 11.8 Å². The van der Waals surface area contributed by atoms with E-state index in [-0.39, 0.29) is 10.7 Å². The average Bonchev–Trinajstić information content (AvgIpc) is 2.85. The van der Waals surface area contributed by atoms with Crippen LogP contribution in [-0.4, -0.2) is 24.0 Å². The summed E-state index contributed by atoms with van der Waals surface area (Å²) in [5.41, 5.74) is 2.66. The van der Waals surface area contributed by atoms with Crippen LogP contribution in [0.5, 0.6) is 17.2 Å². The number of thiocarbonyl (C=S) groups is 1. The van der Waals surface area contributed by atoms with Gasteiger partial charge in [-0.15, -0.1) is 0 Å². The molecule has 0 aliphatic carbocycles. The fourth-order valence-corrected chi connectivity index (χ4v) is 3.44. The summed E-state index contributed by atoms with van der Waals surface area (Å²) in [7, 11) is 1.60. The maximum absolute atomic E-state index is 12.0. The molecule has 7 nitrogen and oxygen atoms in total. The second-order valence-electron chi connectivity index (χ2n) is 7.41. The van der Waals surface area contributed by atoms with Gasteiger partial charge in [0.15, 0.2) is 16.6 Å². The minimum absolute atomic E-state index is 0.00307. The predicted molar refractivity (Wildman–Crippen MR) is 131 cm³/mol. The van der Waals surface area contributed by atoms with Gasteiger partial charge in [0, 0.05) is 0 Å². The minimum atomic E-state index is -0.529. The standard InChI is InChI=1S/C26H22N2O5S/c1-31-23-14-19(9-12-22(23)33-15-18-5-3-2-4-6-18)16-32-20-10-7-17(8-11-20)13-21-24(29)27-26(34)28-25(21)30/h2-14H,15-16H2,1H3,(H2,27,28,29,30,34). The first-order chi connectivity index (χ1) is 16.5. The molecular weight excluding hydrogens is 452 g/mol. The van der Waals surface area contributed by atoms with Crippen LogP contribution in [0.4, 0.5) is 0 Å². The molecule has 1 aliphatic rings. The largest absolute Gasteiger partial charge is 0.493 e. The molecule has 0 bridgehead atoms. The molecule has 0 radical (unpaired) electrons. The fraction of sp³-hybridized carbons (Fsp3) is 0.115. The highest BCUT2D eigenvalue weighted by Gasteiger charge is 2.25. The van der Waals surface area contributed by atoms with Gasteiger partial charge in [0.1, 0.15) is 24.5 Å². The highest BCUT2D eigenvalue weighted by atomic mass is 32.1. The Kier molecular flexibility index (Phi) is 7.19. The number of nitrogens with one attached hydrogen (secondary N) is 2. The molecule has 1 aliphatic heterocycles. The van der Waals surface area contributed by atoms with Gasteiger partial charge in [-0.2, -0.15) is 0 Å². The lowest BCUT2D eigenvalue weighted by atomic mass is 10.1. The van der Waals surface area contributed by atoms with Gasteiger partial charge in [-0.1, -0.05) is 48.5 Å². The smallest absolute Gasteiger partial charge is 0.263 e. The second-order valence-corrected chi connectivity index (χ2v) is 7.82. The summed E-state index contributed by atoms with van der Waals surface area (Å²) in [6.07, 6.45) is 1.50. The third kappa shape index (κ3) is 5.79. The first-order valence-corrected chi connectivity index (χ1v) is 10.9. The van der Waals surface area contributed by atoms with Crippen LogP contribution in [0.1, 0.15) is 16.7 Å². The summed E-state index contributed by atoms with van der Waals surface area (Å²) in [5, 5.41) is 4.82. The van der Waals surface area contributed by atoms with Crippen molar-refractivity contribution in [1.29, 1.82) is 0 Å². The molecule has 1 saturated heterocycles. The van der Waals surface area contributed by atoms with Crippen LogP contribution in [0, 0.1) is 0 Å². The Morgan fingerprint density at radius 1 is 0.794 bits per heavy atom. The average molecular weight is 475 g/mol. The van der Waals surface area contributed by atoms with Crippen molar-refractivity contribution in [2.24, 2.45) is 0 Å². The molecule has 0 aromatic heterocycles. The Bertz CT molecular complexity index is 1220. The number of carbonyl (C=O) groups is 2.